The van der Waals surface area contributed by atoms with Crippen molar-refractivity contribution in [3.05, 3.63) is 30.2 Å². The van der Waals surface area contributed by atoms with Crippen LogP contribution < -0.4 is 4.90 Å². The Labute approximate surface area is 163 Å². The van der Waals surface area contributed by atoms with Gasteiger partial charge in [0.2, 0.25) is 0 Å². The lowest BCUT2D eigenvalue weighted by molar-refractivity contribution is 0.188. The molecule has 9 nitrogen and oxygen atoms in total. The van der Waals surface area contributed by atoms with E-state index < -0.39 is 0 Å². The van der Waals surface area contributed by atoms with Crippen LogP contribution in [0.3, 0.4) is 0 Å². The normalized spacial score (nSPS) is 22.4. The van der Waals surface area contributed by atoms with E-state index in [1.165, 1.54) is 0 Å². The largest absolute Gasteiger partial charge is 0.383 e. The van der Waals surface area contributed by atoms with Gasteiger partial charge >= 0.3 is 0 Å². The summed E-state index contributed by atoms with van der Waals surface area (Å²) >= 11 is 0. The van der Waals surface area contributed by atoms with Gasteiger partial charge in [-0.25, -0.2) is 15.0 Å². The van der Waals surface area contributed by atoms with Crippen molar-refractivity contribution in [1.29, 1.82) is 0 Å². The highest BCUT2D eigenvalue weighted by molar-refractivity contribution is 5.83. The van der Waals surface area contributed by atoms with Crippen molar-refractivity contribution in [3.8, 4) is 0 Å². The number of hydrogen-bond donors (Lipinski definition) is 0. The Morgan fingerprint density at radius 1 is 1.14 bits per heavy atom. The van der Waals surface area contributed by atoms with E-state index in [2.05, 4.69) is 29.9 Å². The van der Waals surface area contributed by atoms with E-state index in [-0.39, 0.29) is 0 Å². The molecule has 28 heavy (non-hydrogen) atoms. The molecule has 148 valence electrons. The van der Waals surface area contributed by atoms with Gasteiger partial charge in [0.25, 0.3) is 0 Å². The van der Waals surface area contributed by atoms with Crippen LogP contribution in [0.4, 0.5) is 5.82 Å². The van der Waals surface area contributed by atoms with Crippen LogP contribution in [0.15, 0.2) is 23.2 Å². The third kappa shape index (κ3) is 3.14. The van der Waals surface area contributed by atoms with Crippen molar-refractivity contribution >= 4 is 17.0 Å². The lowest BCUT2D eigenvalue weighted by Crippen LogP contribution is -2.29. The summed E-state index contributed by atoms with van der Waals surface area (Å²) in [5.74, 6) is 3.19. The molecule has 2 unspecified atom stereocenters. The third-order valence-corrected chi connectivity index (χ3v) is 5.84. The van der Waals surface area contributed by atoms with Gasteiger partial charge in [-0.3, -0.25) is 4.90 Å². The molecule has 0 aliphatic carbocycles. The number of fused-ring (bicyclic) bond motifs is 2. The fourth-order valence-corrected chi connectivity index (χ4v) is 4.56. The average molecular weight is 383 g/mol. The van der Waals surface area contributed by atoms with E-state index in [0.29, 0.717) is 18.4 Å². The number of imidazole rings is 1. The summed E-state index contributed by atoms with van der Waals surface area (Å²) in [6.07, 6.45) is 3.48. The maximum Gasteiger partial charge on any atom is 0.165 e. The number of rotatable bonds is 6. The van der Waals surface area contributed by atoms with Crippen molar-refractivity contribution in [2.24, 2.45) is 11.8 Å². The quantitative estimate of drug-likeness (QED) is 0.630. The van der Waals surface area contributed by atoms with Gasteiger partial charge in [0.15, 0.2) is 22.7 Å². The van der Waals surface area contributed by atoms with Crippen molar-refractivity contribution < 1.29 is 9.26 Å². The second kappa shape index (κ2) is 7.14. The molecule has 0 N–H and O–H groups in total. The van der Waals surface area contributed by atoms with E-state index >= 15 is 0 Å². The van der Waals surface area contributed by atoms with Gasteiger partial charge in [0.1, 0.15) is 6.33 Å². The zero-order valence-corrected chi connectivity index (χ0v) is 16.3. The van der Waals surface area contributed by atoms with Crippen LogP contribution in [0.5, 0.6) is 0 Å². The number of aromatic nitrogens is 5. The molecule has 0 radical (unpaired) electrons. The van der Waals surface area contributed by atoms with Crippen LogP contribution in [0.1, 0.15) is 11.5 Å². The summed E-state index contributed by atoms with van der Waals surface area (Å²) in [7, 11) is 1.70. The maximum absolute atomic E-state index is 5.38. The maximum atomic E-state index is 5.38. The average Bonchev–Trinajstić information content (AvgIpc) is 3.43. The Bertz CT molecular complexity index is 954. The molecule has 0 aromatic carbocycles. The van der Waals surface area contributed by atoms with Crippen molar-refractivity contribution in [2.75, 3.05) is 44.8 Å². The molecule has 5 rings (SSSR count). The monoisotopic (exact) mass is 383 g/mol. The number of anilines is 1. The SMILES string of the molecule is COCCn1cnc2c(N3CC4CN(Cc5cc(C)no5)CC4C3)ncnc21. The smallest absolute Gasteiger partial charge is 0.165 e. The topological polar surface area (TPSA) is 85.3 Å². The lowest BCUT2D eigenvalue weighted by Gasteiger charge is -2.21. The fraction of sp³-hybridized carbons (Fsp3) is 0.579. The van der Waals surface area contributed by atoms with E-state index in [1.807, 2.05) is 23.9 Å². The number of hydrogen-bond acceptors (Lipinski definition) is 8. The van der Waals surface area contributed by atoms with E-state index in [4.69, 9.17) is 9.26 Å². The second-order valence-corrected chi connectivity index (χ2v) is 7.85. The molecule has 2 atom stereocenters. The molecule has 0 amide bonds. The van der Waals surface area contributed by atoms with E-state index in [1.54, 1.807) is 13.4 Å². The predicted octanol–water partition coefficient (Wildman–Crippen LogP) is 1.34. The van der Waals surface area contributed by atoms with Gasteiger partial charge in [-0.05, 0) is 18.8 Å². The van der Waals surface area contributed by atoms with Gasteiger partial charge in [-0.1, -0.05) is 5.16 Å². The molecular weight excluding hydrogens is 358 g/mol. The van der Waals surface area contributed by atoms with Crippen molar-refractivity contribution in [1.82, 2.24) is 29.6 Å². The number of nitrogens with zero attached hydrogens (tertiary/aromatic N) is 7. The second-order valence-electron chi connectivity index (χ2n) is 7.85. The Kier molecular flexibility index (Phi) is 4.48. The van der Waals surface area contributed by atoms with Gasteiger partial charge in [-0.2, -0.15) is 0 Å². The summed E-state index contributed by atoms with van der Waals surface area (Å²) in [5, 5.41) is 3.99. The zero-order valence-electron chi connectivity index (χ0n) is 16.3. The third-order valence-electron chi connectivity index (χ3n) is 5.84. The molecule has 2 aliphatic rings. The summed E-state index contributed by atoms with van der Waals surface area (Å²) in [6, 6.07) is 2.03. The zero-order chi connectivity index (χ0) is 19.1. The molecule has 0 spiro atoms. The molecule has 2 saturated heterocycles. The van der Waals surface area contributed by atoms with E-state index in [0.717, 1.165) is 67.7 Å². The molecule has 0 bridgehead atoms. The number of likely N-dealkylation sites (tertiary alicyclic amines) is 1. The molecule has 9 heteroatoms. The highest BCUT2D eigenvalue weighted by Gasteiger charge is 2.41. The van der Waals surface area contributed by atoms with Gasteiger partial charge in [0.05, 0.1) is 25.2 Å². The first-order chi connectivity index (χ1) is 13.7. The number of ether oxygens (including phenoxy) is 1. The molecule has 2 aliphatic heterocycles. The Morgan fingerprint density at radius 2 is 1.96 bits per heavy atom. The molecule has 3 aromatic rings. The van der Waals surface area contributed by atoms with Crippen molar-refractivity contribution in [2.45, 2.75) is 20.0 Å². The van der Waals surface area contributed by atoms with E-state index in [9.17, 15) is 0 Å². The van der Waals surface area contributed by atoms with Gasteiger partial charge < -0.3 is 18.7 Å². The van der Waals surface area contributed by atoms with Crippen LogP contribution in [-0.4, -0.2) is 69.5 Å². The minimum absolute atomic E-state index is 0.638. The lowest BCUT2D eigenvalue weighted by atomic mass is 10.0. The number of methoxy groups -OCH3 is 1. The van der Waals surface area contributed by atoms with Crippen LogP contribution in [0.25, 0.3) is 11.2 Å². The first-order valence-electron chi connectivity index (χ1n) is 9.75. The van der Waals surface area contributed by atoms with Crippen LogP contribution in [0.2, 0.25) is 0 Å². The molecule has 0 saturated carbocycles. The Morgan fingerprint density at radius 3 is 2.68 bits per heavy atom. The molecular formula is C19H25N7O2. The van der Waals surface area contributed by atoms with Crippen LogP contribution in [-0.2, 0) is 17.8 Å². The highest BCUT2D eigenvalue weighted by atomic mass is 16.5. The summed E-state index contributed by atoms with van der Waals surface area (Å²) < 4.78 is 12.6. The fourth-order valence-electron chi connectivity index (χ4n) is 4.56. The minimum Gasteiger partial charge on any atom is -0.383 e. The molecule has 3 aromatic heterocycles. The summed E-state index contributed by atoms with van der Waals surface area (Å²) in [6.45, 7) is 8.36. The predicted molar refractivity (Wildman–Crippen MR) is 103 cm³/mol. The molecule has 2 fully saturated rings. The Balaban J connectivity index is 1.28. The molecule has 5 heterocycles. The van der Waals surface area contributed by atoms with Gasteiger partial charge in [0, 0.05) is 45.9 Å². The minimum atomic E-state index is 0.638. The van der Waals surface area contributed by atoms with Crippen LogP contribution >= 0.6 is 0 Å². The standard InChI is InChI=1S/C19H25N7O2/c1-13-5-16(28-23-13)10-24-6-14-8-26(9-15(14)7-24)19-17-18(20-11-21-19)25(12-22-17)3-4-27-2/h5,11-12,14-15H,3-4,6-10H2,1-2H3. The van der Waals surface area contributed by atoms with Crippen LogP contribution in [0, 0.1) is 18.8 Å². The summed E-state index contributed by atoms with van der Waals surface area (Å²) in [4.78, 5) is 18.5. The highest BCUT2D eigenvalue weighted by Crippen LogP contribution is 2.35. The summed E-state index contributed by atoms with van der Waals surface area (Å²) in [5.41, 5.74) is 2.70. The number of aryl methyl sites for hydroxylation is 1. The van der Waals surface area contributed by atoms with Crippen molar-refractivity contribution in [3.63, 3.8) is 0 Å². The van der Waals surface area contributed by atoms with Gasteiger partial charge in [-0.15, -0.1) is 0 Å². The Hall–Kier alpha value is -2.52. The first-order valence-corrected chi connectivity index (χ1v) is 9.75. The first kappa shape index (κ1) is 17.6.